The first kappa shape index (κ1) is 32.0. The van der Waals surface area contributed by atoms with E-state index in [4.69, 9.17) is 18.2 Å². The molecule has 1 heterocycles. The molecule has 4 atom stereocenters. The van der Waals surface area contributed by atoms with Crippen LogP contribution in [0.25, 0.3) is 4.85 Å². The normalized spacial score (nSPS) is 20.5. The fourth-order valence-electron chi connectivity index (χ4n) is 5.96. The van der Waals surface area contributed by atoms with Crippen molar-refractivity contribution in [3.8, 4) is 6.57 Å². The highest BCUT2D eigenvalue weighted by Crippen LogP contribution is 2.36. The third-order valence-electron chi connectivity index (χ3n) is 8.18. The summed E-state index contributed by atoms with van der Waals surface area (Å²) in [5.74, 6) is -3.98. The van der Waals surface area contributed by atoms with Crippen molar-refractivity contribution >= 4 is 33.2 Å². The summed E-state index contributed by atoms with van der Waals surface area (Å²) < 4.78 is 71.8. The molecule has 0 aromatic heterocycles. The van der Waals surface area contributed by atoms with Crippen molar-refractivity contribution < 1.29 is 26.4 Å². The first-order chi connectivity index (χ1) is 21.0. The number of rotatable bonds is 10. The summed E-state index contributed by atoms with van der Waals surface area (Å²) in [5, 5.41) is 6.03. The van der Waals surface area contributed by atoms with E-state index in [1.54, 1.807) is 28.6 Å². The Morgan fingerprint density at radius 1 is 1.07 bits per heavy atom. The molecule has 0 spiro atoms. The van der Waals surface area contributed by atoms with Gasteiger partial charge >= 0.3 is 11.9 Å². The molecule has 12 heteroatoms. The second kappa shape index (κ2) is 13.3. The Morgan fingerprint density at radius 3 is 2.39 bits per heavy atom. The van der Waals surface area contributed by atoms with E-state index >= 15 is 4.39 Å². The molecule has 0 bridgehead atoms. The standard InChI is InChI=1S/C32H32ClF3N4O3S/c1-19-17-38-18-25(40(19)44(42,43)26-11-12-26)10-13-27-28(36)4-3-5-29(27)39-32(41)31(37-2)30(20-6-8-22(33)9-7-20)21-14-23(34)16-24(35)15-21/h2-9,14-16,19,25-26,30-31,38H,10-13,17-18H2,1H3/p+1. The lowest BCUT2D eigenvalue weighted by molar-refractivity contribution is -0.116. The zero-order valence-electron chi connectivity index (χ0n) is 24.0. The van der Waals surface area contributed by atoms with Gasteiger partial charge in [-0.1, -0.05) is 34.6 Å². The fraction of sp³-hybridized carbons (Fsp3) is 0.375. The molecule has 1 aliphatic carbocycles. The molecule has 232 valence electrons. The first-order valence-corrected chi connectivity index (χ1v) is 16.3. The Morgan fingerprint density at radius 2 is 1.75 bits per heavy atom. The molecule has 2 aliphatic rings. The minimum absolute atomic E-state index is 0.120. The van der Waals surface area contributed by atoms with Gasteiger partial charge in [0.2, 0.25) is 10.0 Å². The van der Waals surface area contributed by atoms with Gasteiger partial charge in [0.1, 0.15) is 17.5 Å². The molecule has 5 rings (SSSR count). The Balaban J connectivity index is 1.41. The largest absolute Gasteiger partial charge is 0.359 e. The van der Waals surface area contributed by atoms with E-state index < -0.39 is 51.4 Å². The summed E-state index contributed by atoms with van der Waals surface area (Å²) in [6.07, 6.45) is 1.73. The highest BCUT2D eigenvalue weighted by atomic mass is 35.5. The van der Waals surface area contributed by atoms with E-state index in [-0.39, 0.29) is 34.5 Å². The number of nitrogens with one attached hydrogen (secondary N) is 2. The minimum Gasteiger partial charge on any atom is -0.319 e. The number of sulfonamides is 1. The van der Waals surface area contributed by atoms with Gasteiger partial charge in [0.25, 0.3) is 6.57 Å². The van der Waals surface area contributed by atoms with Crippen molar-refractivity contribution in [3.63, 3.8) is 0 Å². The molecule has 3 aromatic carbocycles. The quantitative estimate of drug-likeness (QED) is 0.286. The second-order valence-electron chi connectivity index (χ2n) is 11.4. The van der Waals surface area contributed by atoms with Crippen molar-refractivity contribution in [2.75, 3.05) is 18.4 Å². The highest BCUT2D eigenvalue weighted by molar-refractivity contribution is 7.90. The maximum Gasteiger partial charge on any atom is 0.359 e. The van der Waals surface area contributed by atoms with Gasteiger partial charge in [-0.05, 0) is 80.1 Å². The topological polar surface area (TPSA) is 82.9 Å². The van der Waals surface area contributed by atoms with Crippen LogP contribution in [0, 0.1) is 24.0 Å². The summed E-state index contributed by atoms with van der Waals surface area (Å²) in [5.41, 5.74) is 0.953. The van der Waals surface area contributed by atoms with Crippen LogP contribution in [-0.2, 0) is 21.2 Å². The fourth-order valence-corrected chi connectivity index (χ4v) is 8.33. The van der Waals surface area contributed by atoms with Gasteiger partial charge in [-0.3, -0.25) is 4.79 Å². The Labute approximate surface area is 260 Å². The van der Waals surface area contributed by atoms with E-state index in [0.717, 1.165) is 18.2 Å². The van der Waals surface area contributed by atoms with Gasteiger partial charge in [-0.15, -0.1) is 0 Å². The molecule has 7 nitrogen and oxygen atoms in total. The van der Waals surface area contributed by atoms with Crippen LogP contribution in [0.2, 0.25) is 5.02 Å². The molecule has 2 N–H and O–H groups in total. The van der Waals surface area contributed by atoms with Crippen molar-refractivity contribution in [2.45, 2.75) is 61.9 Å². The van der Waals surface area contributed by atoms with Crippen LogP contribution in [0.5, 0.6) is 0 Å². The lowest BCUT2D eigenvalue weighted by Gasteiger charge is -2.40. The second-order valence-corrected chi connectivity index (χ2v) is 13.9. The van der Waals surface area contributed by atoms with Crippen LogP contribution in [0.1, 0.15) is 48.8 Å². The predicted molar refractivity (Wildman–Crippen MR) is 165 cm³/mol. The summed E-state index contributed by atoms with van der Waals surface area (Å²) in [7, 11) is -3.47. The molecule has 0 radical (unpaired) electrons. The maximum atomic E-state index is 15.3. The molecular formula is C32H33ClF3N4O3S+. The number of hydrogen-bond donors (Lipinski definition) is 2. The van der Waals surface area contributed by atoms with Gasteiger partial charge in [-0.25, -0.2) is 21.6 Å². The van der Waals surface area contributed by atoms with E-state index in [1.807, 2.05) is 6.92 Å². The number of benzene rings is 3. The lowest BCUT2D eigenvalue weighted by Crippen LogP contribution is -2.59. The zero-order chi connectivity index (χ0) is 31.6. The average Bonchev–Trinajstić information content (AvgIpc) is 3.82. The first-order valence-electron chi connectivity index (χ1n) is 14.4. The third kappa shape index (κ3) is 6.94. The summed E-state index contributed by atoms with van der Waals surface area (Å²) in [4.78, 5) is 17.5. The smallest absolute Gasteiger partial charge is 0.319 e. The molecule has 2 fully saturated rings. The van der Waals surface area contributed by atoms with Crippen molar-refractivity contribution in [1.82, 2.24) is 9.62 Å². The van der Waals surface area contributed by atoms with Crippen LogP contribution < -0.4 is 10.6 Å². The van der Waals surface area contributed by atoms with Crippen molar-refractivity contribution in [3.05, 3.63) is 105 Å². The van der Waals surface area contributed by atoms with E-state index in [9.17, 15) is 22.0 Å². The summed E-state index contributed by atoms with van der Waals surface area (Å²) in [6, 6.07) is 11.5. The van der Waals surface area contributed by atoms with Gasteiger partial charge in [-0.2, -0.15) is 4.31 Å². The van der Waals surface area contributed by atoms with Crippen LogP contribution in [-0.4, -0.2) is 55.1 Å². The zero-order valence-corrected chi connectivity index (χ0v) is 25.6. The van der Waals surface area contributed by atoms with Crippen molar-refractivity contribution in [1.29, 1.82) is 0 Å². The Bertz CT molecular complexity index is 1660. The van der Waals surface area contributed by atoms with Gasteiger partial charge in [0.15, 0.2) is 0 Å². The van der Waals surface area contributed by atoms with E-state index in [2.05, 4.69) is 15.5 Å². The Hall–Kier alpha value is -3.43. The van der Waals surface area contributed by atoms with Gasteiger partial charge < -0.3 is 10.6 Å². The van der Waals surface area contributed by atoms with E-state index in [0.29, 0.717) is 42.9 Å². The van der Waals surface area contributed by atoms with Crippen LogP contribution in [0.15, 0.2) is 60.7 Å². The monoisotopic (exact) mass is 645 g/mol. The SMILES string of the molecule is C#[N+]C(C(=O)Nc1cccc(F)c1CCC1CNCC(C)N1S(=O)(=O)C1CC1)C(c1ccc(Cl)cc1)c1cc(F)cc(F)c1. The highest BCUT2D eigenvalue weighted by Gasteiger charge is 2.46. The maximum absolute atomic E-state index is 15.3. The predicted octanol–water partition coefficient (Wildman–Crippen LogP) is 5.95. The molecule has 44 heavy (non-hydrogen) atoms. The van der Waals surface area contributed by atoms with E-state index in [1.165, 1.54) is 18.2 Å². The number of carbonyl (C=O) groups is 1. The number of halogens is 4. The number of amides is 1. The molecule has 4 unspecified atom stereocenters. The molecule has 1 amide bonds. The van der Waals surface area contributed by atoms with Gasteiger partial charge in [0.05, 0.1) is 11.2 Å². The van der Waals surface area contributed by atoms with Crippen LogP contribution in [0.4, 0.5) is 18.9 Å². The molecule has 1 saturated heterocycles. The molecule has 1 saturated carbocycles. The molecule has 3 aromatic rings. The number of nitrogens with zero attached hydrogens (tertiary/aromatic N) is 2. The summed E-state index contributed by atoms with van der Waals surface area (Å²) in [6.45, 7) is 8.54. The van der Waals surface area contributed by atoms with Crippen LogP contribution in [0.3, 0.4) is 0 Å². The van der Waals surface area contributed by atoms with Crippen molar-refractivity contribution in [2.24, 2.45) is 0 Å². The Kier molecular flexibility index (Phi) is 9.65. The van der Waals surface area contributed by atoms with Gasteiger partial charge in [0, 0.05) is 47.5 Å². The number of carbonyl (C=O) groups excluding carboxylic acids is 1. The molecule has 1 aliphatic heterocycles. The number of piperazine rings is 1. The third-order valence-corrected chi connectivity index (χ3v) is 11.0. The number of anilines is 1. The minimum atomic E-state index is -3.47. The summed E-state index contributed by atoms with van der Waals surface area (Å²) >= 11 is 6.05. The molecular weight excluding hydrogens is 613 g/mol. The number of hydrogen-bond acceptors (Lipinski definition) is 4. The average molecular weight is 646 g/mol. The lowest BCUT2D eigenvalue weighted by atomic mass is 9.84. The van der Waals surface area contributed by atoms with Crippen LogP contribution >= 0.6 is 11.6 Å².